The van der Waals surface area contributed by atoms with Gasteiger partial charge in [-0.25, -0.2) is 4.98 Å². The minimum Gasteiger partial charge on any atom is -0.343 e. The van der Waals surface area contributed by atoms with E-state index in [2.05, 4.69) is 27.0 Å². The summed E-state index contributed by atoms with van der Waals surface area (Å²) >= 11 is 1.84. The molecule has 2 saturated heterocycles. The molecule has 5 heteroatoms. The van der Waals surface area contributed by atoms with Crippen LogP contribution in [0.2, 0.25) is 0 Å². The van der Waals surface area contributed by atoms with Gasteiger partial charge in [0.05, 0.1) is 0 Å². The molecule has 1 aromatic rings. The fraction of sp³-hybridized carbons (Fsp3) is 0.786. The van der Waals surface area contributed by atoms with Crippen molar-refractivity contribution in [1.82, 2.24) is 15.2 Å². The van der Waals surface area contributed by atoms with Crippen LogP contribution in [0.3, 0.4) is 0 Å². The summed E-state index contributed by atoms with van der Waals surface area (Å²) in [5.74, 6) is 0. The van der Waals surface area contributed by atoms with Crippen molar-refractivity contribution in [3.63, 3.8) is 0 Å². The minimum atomic E-state index is 0.586. The van der Waals surface area contributed by atoms with Crippen LogP contribution in [0.4, 0.5) is 5.13 Å². The van der Waals surface area contributed by atoms with Crippen LogP contribution in [0.15, 0.2) is 6.20 Å². The third kappa shape index (κ3) is 2.78. The lowest BCUT2D eigenvalue weighted by atomic mass is 9.97. The standard InChI is InChI=1S/C14H24N4S/c1-11-9-17-6-4-3-5-12(17)10-18(11)14-16-8-13(19-14)7-15-2/h8,11-12,15H,3-7,9-10H2,1-2H3. The van der Waals surface area contributed by atoms with E-state index in [1.165, 1.54) is 42.4 Å². The zero-order valence-electron chi connectivity index (χ0n) is 11.9. The van der Waals surface area contributed by atoms with E-state index in [-0.39, 0.29) is 0 Å². The van der Waals surface area contributed by atoms with Crippen LogP contribution in [0.5, 0.6) is 0 Å². The highest BCUT2D eigenvalue weighted by Crippen LogP contribution is 2.30. The van der Waals surface area contributed by atoms with Gasteiger partial charge in [-0.3, -0.25) is 4.90 Å². The highest BCUT2D eigenvalue weighted by atomic mass is 32.1. The first-order chi connectivity index (χ1) is 9.28. The highest BCUT2D eigenvalue weighted by molar-refractivity contribution is 7.15. The van der Waals surface area contributed by atoms with Crippen molar-refractivity contribution in [3.8, 4) is 0 Å². The molecule has 0 spiro atoms. The Labute approximate surface area is 119 Å². The molecule has 3 heterocycles. The molecule has 19 heavy (non-hydrogen) atoms. The molecule has 2 fully saturated rings. The van der Waals surface area contributed by atoms with E-state index < -0.39 is 0 Å². The highest BCUT2D eigenvalue weighted by Gasteiger charge is 2.33. The molecular formula is C14H24N4S. The van der Waals surface area contributed by atoms with Crippen LogP contribution in [0, 0.1) is 0 Å². The van der Waals surface area contributed by atoms with Gasteiger partial charge in [0.15, 0.2) is 5.13 Å². The number of rotatable bonds is 3. The summed E-state index contributed by atoms with van der Waals surface area (Å²) in [4.78, 5) is 11.2. The molecule has 0 aromatic carbocycles. The summed E-state index contributed by atoms with van der Waals surface area (Å²) < 4.78 is 0. The van der Waals surface area contributed by atoms with E-state index in [0.29, 0.717) is 6.04 Å². The Morgan fingerprint density at radius 1 is 1.42 bits per heavy atom. The number of aromatic nitrogens is 1. The van der Waals surface area contributed by atoms with Gasteiger partial charge >= 0.3 is 0 Å². The monoisotopic (exact) mass is 280 g/mol. The molecule has 2 aliphatic heterocycles. The van der Waals surface area contributed by atoms with E-state index in [0.717, 1.165) is 19.1 Å². The summed E-state index contributed by atoms with van der Waals surface area (Å²) in [5.41, 5.74) is 0. The topological polar surface area (TPSA) is 31.4 Å². The fourth-order valence-electron chi connectivity index (χ4n) is 3.30. The number of nitrogens with zero attached hydrogens (tertiary/aromatic N) is 3. The summed E-state index contributed by atoms with van der Waals surface area (Å²) in [6.45, 7) is 6.92. The van der Waals surface area contributed by atoms with Crippen LogP contribution < -0.4 is 10.2 Å². The van der Waals surface area contributed by atoms with Crippen LogP contribution >= 0.6 is 11.3 Å². The van der Waals surface area contributed by atoms with E-state index in [9.17, 15) is 0 Å². The van der Waals surface area contributed by atoms with Crippen LogP contribution in [-0.2, 0) is 6.54 Å². The van der Waals surface area contributed by atoms with E-state index in [4.69, 9.17) is 0 Å². The smallest absolute Gasteiger partial charge is 0.185 e. The van der Waals surface area contributed by atoms with Gasteiger partial charge in [-0.2, -0.15) is 0 Å². The molecule has 106 valence electrons. The molecule has 1 aromatic heterocycles. The van der Waals surface area contributed by atoms with Crippen molar-refractivity contribution in [1.29, 1.82) is 0 Å². The van der Waals surface area contributed by atoms with Gasteiger partial charge in [0.25, 0.3) is 0 Å². The second-order valence-corrected chi connectivity index (χ2v) is 6.88. The lowest BCUT2D eigenvalue weighted by Crippen LogP contribution is -2.58. The molecule has 0 bridgehead atoms. The number of hydrogen-bond donors (Lipinski definition) is 1. The summed E-state index contributed by atoms with van der Waals surface area (Å²) in [6.07, 6.45) is 6.16. The molecule has 4 nitrogen and oxygen atoms in total. The van der Waals surface area contributed by atoms with Crippen molar-refractivity contribution in [2.24, 2.45) is 0 Å². The third-order valence-electron chi connectivity index (χ3n) is 4.33. The number of piperidine rings is 1. The third-order valence-corrected chi connectivity index (χ3v) is 5.36. The summed E-state index contributed by atoms with van der Waals surface area (Å²) in [7, 11) is 1.99. The second-order valence-electron chi connectivity index (χ2n) is 5.79. The van der Waals surface area contributed by atoms with Gasteiger partial charge in [0, 0.05) is 42.8 Å². The molecule has 3 rings (SSSR count). The number of fused-ring (bicyclic) bond motifs is 1. The van der Waals surface area contributed by atoms with Gasteiger partial charge in [-0.05, 0) is 33.4 Å². The van der Waals surface area contributed by atoms with Gasteiger partial charge in [-0.1, -0.05) is 6.42 Å². The van der Waals surface area contributed by atoms with Crippen molar-refractivity contribution >= 4 is 16.5 Å². The van der Waals surface area contributed by atoms with Crippen molar-refractivity contribution in [3.05, 3.63) is 11.1 Å². The lowest BCUT2D eigenvalue weighted by molar-refractivity contribution is 0.115. The van der Waals surface area contributed by atoms with Crippen molar-refractivity contribution in [2.45, 2.75) is 44.8 Å². The Bertz CT molecular complexity index is 419. The van der Waals surface area contributed by atoms with E-state index in [1.807, 2.05) is 24.6 Å². The maximum Gasteiger partial charge on any atom is 0.185 e. The second kappa shape index (κ2) is 5.77. The number of piperazine rings is 1. The maximum absolute atomic E-state index is 4.63. The lowest BCUT2D eigenvalue weighted by Gasteiger charge is -2.47. The molecule has 0 aliphatic carbocycles. The van der Waals surface area contributed by atoms with E-state index in [1.54, 1.807) is 0 Å². The number of anilines is 1. The molecular weight excluding hydrogens is 256 g/mol. The zero-order valence-corrected chi connectivity index (χ0v) is 12.7. The molecule has 2 atom stereocenters. The molecule has 2 unspecified atom stereocenters. The Balaban J connectivity index is 1.72. The quantitative estimate of drug-likeness (QED) is 0.917. The SMILES string of the molecule is CNCc1cnc(N2CC3CCCCN3CC2C)s1. The van der Waals surface area contributed by atoms with Crippen LogP contribution in [0.1, 0.15) is 31.1 Å². The number of thiazole rings is 1. The molecule has 0 saturated carbocycles. The largest absolute Gasteiger partial charge is 0.343 e. The van der Waals surface area contributed by atoms with Gasteiger partial charge in [-0.15, -0.1) is 11.3 Å². The van der Waals surface area contributed by atoms with Crippen molar-refractivity contribution < 1.29 is 0 Å². The Kier molecular flexibility index (Phi) is 4.05. The average molecular weight is 280 g/mol. The maximum atomic E-state index is 4.63. The van der Waals surface area contributed by atoms with E-state index >= 15 is 0 Å². The Morgan fingerprint density at radius 3 is 3.16 bits per heavy atom. The first-order valence-electron chi connectivity index (χ1n) is 7.38. The Morgan fingerprint density at radius 2 is 2.32 bits per heavy atom. The number of nitrogens with one attached hydrogen (secondary N) is 1. The van der Waals surface area contributed by atoms with Gasteiger partial charge in [0.1, 0.15) is 0 Å². The van der Waals surface area contributed by atoms with Gasteiger partial charge < -0.3 is 10.2 Å². The molecule has 0 radical (unpaired) electrons. The predicted octanol–water partition coefficient (Wildman–Crippen LogP) is 1.93. The normalized spacial score (nSPS) is 28.4. The fourth-order valence-corrected chi connectivity index (χ4v) is 4.34. The Hall–Kier alpha value is -0.650. The predicted molar refractivity (Wildman–Crippen MR) is 80.9 cm³/mol. The van der Waals surface area contributed by atoms with Gasteiger partial charge in [0.2, 0.25) is 0 Å². The zero-order chi connectivity index (χ0) is 13.2. The molecule has 2 aliphatic rings. The molecule has 1 N–H and O–H groups in total. The average Bonchev–Trinajstić information content (AvgIpc) is 2.87. The summed E-state index contributed by atoms with van der Waals surface area (Å²) in [5, 5.41) is 4.41. The van der Waals surface area contributed by atoms with Crippen LogP contribution in [0.25, 0.3) is 0 Å². The first-order valence-corrected chi connectivity index (χ1v) is 8.19. The summed E-state index contributed by atoms with van der Waals surface area (Å²) in [6, 6.07) is 1.34. The van der Waals surface area contributed by atoms with Crippen LogP contribution in [-0.4, -0.2) is 48.6 Å². The number of hydrogen-bond acceptors (Lipinski definition) is 5. The van der Waals surface area contributed by atoms with Crippen molar-refractivity contribution in [2.75, 3.05) is 31.6 Å². The first kappa shape index (κ1) is 13.3. The molecule has 0 amide bonds. The minimum absolute atomic E-state index is 0.586.